The summed E-state index contributed by atoms with van der Waals surface area (Å²) in [5.41, 5.74) is 6.07. The number of rotatable bonds is 2. The van der Waals surface area contributed by atoms with Crippen LogP contribution in [-0.4, -0.2) is 0 Å². The molecule has 18 heavy (non-hydrogen) atoms. The van der Waals surface area contributed by atoms with Crippen LogP contribution in [0, 0.1) is 34.6 Å². The molecule has 0 N–H and O–H groups in total. The summed E-state index contributed by atoms with van der Waals surface area (Å²) in [6.07, 6.45) is 0. The summed E-state index contributed by atoms with van der Waals surface area (Å²) in [4.78, 5) is 0. The minimum Gasteiger partial charge on any atom is -0.457 e. The highest BCUT2D eigenvalue weighted by Crippen LogP contribution is 2.32. The van der Waals surface area contributed by atoms with Gasteiger partial charge in [0.1, 0.15) is 11.5 Å². The van der Waals surface area contributed by atoms with E-state index in [1.807, 2.05) is 0 Å². The van der Waals surface area contributed by atoms with Crippen molar-refractivity contribution in [1.82, 2.24) is 0 Å². The van der Waals surface area contributed by atoms with Crippen LogP contribution in [0.15, 0.2) is 30.3 Å². The number of hydrogen-bond acceptors (Lipinski definition) is 1. The van der Waals surface area contributed by atoms with Gasteiger partial charge in [0, 0.05) is 0 Å². The predicted molar refractivity (Wildman–Crippen MR) is 76.6 cm³/mol. The quantitative estimate of drug-likeness (QED) is 0.716. The topological polar surface area (TPSA) is 9.23 Å². The minimum atomic E-state index is 0.963. The molecular weight excluding hydrogens is 220 g/mol. The Bertz CT molecular complexity index is 562. The van der Waals surface area contributed by atoms with Crippen LogP contribution < -0.4 is 4.74 Å². The highest BCUT2D eigenvalue weighted by atomic mass is 16.5. The van der Waals surface area contributed by atoms with Gasteiger partial charge in [-0.2, -0.15) is 0 Å². The van der Waals surface area contributed by atoms with Gasteiger partial charge in [0.05, 0.1) is 0 Å². The summed E-state index contributed by atoms with van der Waals surface area (Å²) in [6, 6.07) is 10.5. The van der Waals surface area contributed by atoms with Gasteiger partial charge in [-0.3, -0.25) is 0 Å². The fourth-order valence-electron chi connectivity index (χ4n) is 2.18. The fraction of sp³-hybridized carbons (Fsp3) is 0.294. The molecule has 0 aromatic heterocycles. The largest absolute Gasteiger partial charge is 0.457 e. The SMILES string of the molecule is Cc1cc(C)c(C)c(Oc2c(C)cccc2C)c1. The molecule has 0 aliphatic rings. The van der Waals surface area contributed by atoms with Gasteiger partial charge in [0.15, 0.2) is 0 Å². The Labute approximate surface area is 109 Å². The molecule has 0 radical (unpaired) electrons. The number of hydrogen-bond donors (Lipinski definition) is 0. The van der Waals surface area contributed by atoms with Gasteiger partial charge >= 0.3 is 0 Å². The highest BCUT2D eigenvalue weighted by molar-refractivity contribution is 5.48. The molecular formula is C17H20O. The van der Waals surface area contributed by atoms with Gasteiger partial charge in [-0.15, -0.1) is 0 Å². The molecule has 0 saturated heterocycles. The lowest BCUT2D eigenvalue weighted by Crippen LogP contribution is -1.95. The monoisotopic (exact) mass is 240 g/mol. The van der Waals surface area contributed by atoms with Gasteiger partial charge in [-0.05, 0) is 68.5 Å². The van der Waals surface area contributed by atoms with Crippen LogP contribution >= 0.6 is 0 Å². The first-order valence-electron chi connectivity index (χ1n) is 6.31. The Morgan fingerprint density at radius 1 is 0.778 bits per heavy atom. The van der Waals surface area contributed by atoms with Crippen LogP contribution in [-0.2, 0) is 0 Å². The third-order valence-corrected chi connectivity index (χ3v) is 3.38. The van der Waals surface area contributed by atoms with E-state index in [1.165, 1.54) is 27.8 Å². The van der Waals surface area contributed by atoms with E-state index in [1.54, 1.807) is 0 Å². The van der Waals surface area contributed by atoms with Crippen molar-refractivity contribution >= 4 is 0 Å². The molecule has 0 amide bonds. The van der Waals surface area contributed by atoms with Crippen molar-refractivity contribution in [3.63, 3.8) is 0 Å². The average Bonchev–Trinajstić information content (AvgIpc) is 2.30. The fourth-order valence-corrected chi connectivity index (χ4v) is 2.18. The molecule has 94 valence electrons. The number of aryl methyl sites for hydroxylation is 4. The average molecular weight is 240 g/mol. The van der Waals surface area contributed by atoms with Gasteiger partial charge in [0.25, 0.3) is 0 Å². The summed E-state index contributed by atoms with van der Waals surface area (Å²) < 4.78 is 6.13. The first-order chi connectivity index (χ1) is 8.49. The number of benzene rings is 2. The molecule has 2 aromatic rings. The van der Waals surface area contributed by atoms with E-state index >= 15 is 0 Å². The van der Waals surface area contributed by atoms with Crippen molar-refractivity contribution in [2.45, 2.75) is 34.6 Å². The van der Waals surface area contributed by atoms with Crippen molar-refractivity contribution in [2.24, 2.45) is 0 Å². The van der Waals surface area contributed by atoms with E-state index in [-0.39, 0.29) is 0 Å². The van der Waals surface area contributed by atoms with Gasteiger partial charge in [-0.1, -0.05) is 24.3 Å². The first kappa shape index (κ1) is 12.7. The molecule has 0 bridgehead atoms. The maximum Gasteiger partial charge on any atom is 0.133 e. The maximum atomic E-state index is 6.13. The second-order valence-electron chi connectivity index (χ2n) is 5.03. The summed E-state index contributed by atoms with van der Waals surface area (Å²) >= 11 is 0. The standard InChI is InChI=1S/C17H20O/c1-11-9-14(4)15(5)16(10-11)18-17-12(2)7-6-8-13(17)3/h6-10H,1-5H3. The van der Waals surface area contributed by atoms with Crippen LogP contribution in [0.2, 0.25) is 0 Å². The molecule has 0 aliphatic heterocycles. The molecule has 1 nitrogen and oxygen atoms in total. The van der Waals surface area contributed by atoms with Crippen molar-refractivity contribution < 1.29 is 4.74 Å². The second kappa shape index (κ2) is 4.85. The molecule has 2 aromatic carbocycles. The smallest absolute Gasteiger partial charge is 0.133 e. The molecule has 2 rings (SSSR count). The van der Waals surface area contributed by atoms with E-state index in [0.717, 1.165) is 11.5 Å². The van der Waals surface area contributed by atoms with Crippen molar-refractivity contribution in [2.75, 3.05) is 0 Å². The van der Waals surface area contributed by atoms with E-state index in [9.17, 15) is 0 Å². The Hall–Kier alpha value is -1.76. The van der Waals surface area contributed by atoms with E-state index in [4.69, 9.17) is 4.74 Å². The molecule has 0 aliphatic carbocycles. The summed E-state index contributed by atoms with van der Waals surface area (Å²) in [5.74, 6) is 1.94. The van der Waals surface area contributed by atoms with E-state index in [0.29, 0.717) is 0 Å². The molecule has 0 heterocycles. The lowest BCUT2D eigenvalue weighted by atomic mass is 10.1. The van der Waals surface area contributed by atoms with E-state index < -0.39 is 0 Å². The van der Waals surface area contributed by atoms with Crippen LogP contribution in [0.5, 0.6) is 11.5 Å². The zero-order valence-electron chi connectivity index (χ0n) is 11.8. The number of para-hydroxylation sites is 1. The van der Waals surface area contributed by atoms with Crippen molar-refractivity contribution in [3.8, 4) is 11.5 Å². The van der Waals surface area contributed by atoms with Gasteiger partial charge < -0.3 is 4.74 Å². The molecule has 0 unspecified atom stereocenters. The van der Waals surface area contributed by atoms with Gasteiger partial charge in [-0.25, -0.2) is 0 Å². The Balaban J connectivity index is 2.46. The lowest BCUT2D eigenvalue weighted by Gasteiger charge is -2.15. The maximum absolute atomic E-state index is 6.13. The normalized spacial score (nSPS) is 10.5. The predicted octanol–water partition coefficient (Wildman–Crippen LogP) is 5.02. The van der Waals surface area contributed by atoms with Crippen molar-refractivity contribution in [3.05, 3.63) is 58.1 Å². The summed E-state index contributed by atoms with van der Waals surface area (Å²) in [7, 11) is 0. The third-order valence-electron chi connectivity index (χ3n) is 3.38. The molecule has 0 spiro atoms. The van der Waals surface area contributed by atoms with Gasteiger partial charge in [0.2, 0.25) is 0 Å². The highest BCUT2D eigenvalue weighted by Gasteiger charge is 2.09. The molecule has 0 saturated carbocycles. The van der Waals surface area contributed by atoms with Crippen LogP contribution in [0.1, 0.15) is 27.8 Å². The van der Waals surface area contributed by atoms with Crippen LogP contribution in [0.25, 0.3) is 0 Å². The van der Waals surface area contributed by atoms with Crippen LogP contribution in [0.4, 0.5) is 0 Å². The molecule has 1 heteroatoms. The minimum absolute atomic E-state index is 0.963. The van der Waals surface area contributed by atoms with E-state index in [2.05, 4.69) is 65.0 Å². The molecule has 0 fully saturated rings. The Morgan fingerprint density at radius 2 is 1.39 bits per heavy atom. The van der Waals surface area contributed by atoms with Crippen LogP contribution in [0.3, 0.4) is 0 Å². The molecule has 0 atom stereocenters. The zero-order valence-corrected chi connectivity index (χ0v) is 11.8. The second-order valence-corrected chi connectivity index (χ2v) is 5.03. The van der Waals surface area contributed by atoms with Crippen molar-refractivity contribution in [1.29, 1.82) is 0 Å². The third kappa shape index (κ3) is 2.40. The Kier molecular flexibility index (Phi) is 3.42. The zero-order chi connectivity index (χ0) is 13.3. The number of ether oxygens (including phenoxy) is 1. The summed E-state index contributed by atoms with van der Waals surface area (Å²) in [5, 5.41) is 0. The Morgan fingerprint density at radius 3 is 2.00 bits per heavy atom. The first-order valence-corrected chi connectivity index (χ1v) is 6.31. The summed E-state index contributed by atoms with van der Waals surface area (Å²) in [6.45, 7) is 10.5. The lowest BCUT2D eigenvalue weighted by molar-refractivity contribution is 0.470.